The van der Waals surface area contributed by atoms with Gasteiger partial charge in [0.15, 0.2) is 0 Å². The zero-order valence-corrected chi connectivity index (χ0v) is 14.4. The third kappa shape index (κ3) is 5.83. The normalized spacial score (nSPS) is 20.3. The molecule has 1 aromatic heterocycles. The zero-order valence-electron chi connectivity index (χ0n) is 13.6. The van der Waals surface area contributed by atoms with Crippen molar-refractivity contribution in [3.05, 3.63) is 18.5 Å². The van der Waals surface area contributed by atoms with Crippen LogP contribution in [0, 0.1) is 0 Å². The molecule has 0 aliphatic carbocycles. The predicted molar refractivity (Wildman–Crippen MR) is 87.4 cm³/mol. The SMILES string of the molecule is C[C@@H](Cn1cccn1)NC(=O)N1CCCC[C@H]1CNS(C)(=O)=O. The summed E-state index contributed by atoms with van der Waals surface area (Å²) in [6, 6.07) is 1.53. The van der Waals surface area contributed by atoms with Gasteiger partial charge in [0, 0.05) is 37.6 Å². The van der Waals surface area contributed by atoms with E-state index in [0.717, 1.165) is 25.5 Å². The van der Waals surface area contributed by atoms with Crippen LogP contribution in [-0.2, 0) is 16.6 Å². The van der Waals surface area contributed by atoms with E-state index in [1.807, 2.05) is 19.2 Å². The number of aromatic nitrogens is 2. The molecule has 0 unspecified atom stereocenters. The Hall–Kier alpha value is -1.61. The van der Waals surface area contributed by atoms with Crippen molar-refractivity contribution in [1.29, 1.82) is 0 Å². The fraction of sp³-hybridized carbons (Fsp3) is 0.714. The van der Waals surface area contributed by atoms with Gasteiger partial charge < -0.3 is 10.2 Å². The van der Waals surface area contributed by atoms with E-state index in [-0.39, 0.29) is 24.7 Å². The molecule has 2 atom stereocenters. The molecular weight excluding hydrogens is 318 g/mol. The van der Waals surface area contributed by atoms with Crippen molar-refractivity contribution in [1.82, 2.24) is 24.7 Å². The van der Waals surface area contributed by atoms with Crippen LogP contribution >= 0.6 is 0 Å². The molecule has 2 rings (SSSR count). The molecule has 9 heteroatoms. The summed E-state index contributed by atoms with van der Waals surface area (Å²) >= 11 is 0. The summed E-state index contributed by atoms with van der Waals surface area (Å²) in [5, 5.41) is 7.09. The topological polar surface area (TPSA) is 96.3 Å². The number of carbonyl (C=O) groups excluding carboxylic acids is 1. The standard InChI is InChI=1S/C14H25N5O3S/c1-12(11-18-8-5-7-15-18)17-14(20)19-9-4-3-6-13(19)10-16-23(2,21)22/h5,7-8,12-13,16H,3-4,6,9-11H2,1-2H3,(H,17,20)/t12-,13-/m0/s1. The lowest BCUT2D eigenvalue weighted by atomic mass is 10.0. The fourth-order valence-electron chi connectivity index (χ4n) is 2.76. The minimum absolute atomic E-state index is 0.0622. The first-order chi connectivity index (χ1) is 10.8. The smallest absolute Gasteiger partial charge is 0.317 e. The van der Waals surface area contributed by atoms with Crippen LogP contribution in [0.2, 0.25) is 0 Å². The van der Waals surface area contributed by atoms with E-state index in [0.29, 0.717) is 13.1 Å². The summed E-state index contributed by atoms with van der Waals surface area (Å²) in [5.74, 6) is 0. The van der Waals surface area contributed by atoms with Crippen molar-refractivity contribution >= 4 is 16.1 Å². The van der Waals surface area contributed by atoms with Crippen LogP contribution in [0.5, 0.6) is 0 Å². The third-order valence-corrected chi connectivity index (χ3v) is 4.55. The average Bonchev–Trinajstić information content (AvgIpc) is 2.97. The van der Waals surface area contributed by atoms with Gasteiger partial charge in [-0.05, 0) is 32.3 Å². The Labute approximate surface area is 137 Å². The number of urea groups is 1. The van der Waals surface area contributed by atoms with Crippen LogP contribution < -0.4 is 10.0 Å². The van der Waals surface area contributed by atoms with Crippen LogP contribution in [0.1, 0.15) is 26.2 Å². The zero-order chi connectivity index (χ0) is 16.9. The van der Waals surface area contributed by atoms with Gasteiger partial charge in [0.2, 0.25) is 10.0 Å². The molecule has 1 aliphatic heterocycles. The summed E-state index contributed by atoms with van der Waals surface area (Å²) in [5.41, 5.74) is 0. The number of carbonyl (C=O) groups is 1. The maximum atomic E-state index is 12.5. The first kappa shape index (κ1) is 17.7. The molecule has 2 N–H and O–H groups in total. The number of hydrogen-bond acceptors (Lipinski definition) is 4. The van der Waals surface area contributed by atoms with Crippen molar-refractivity contribution in [3.63, 3.8) is 0 Å². The molecule has 2 heterocycles. The Morgan fingerprint density at radius 3 is 2.87 bits per heavy atom. The van der Waals surface area contributed by atoms with Crippen molar-refractivity contribution in [2.75, 3.05) is 19.3 Å². The number of amides is 2. The van der Waals surface area contributed by atoms with E-state index in [4.69, 9.17) is 0 Å². The summed E-state index contributed by atoms with van der Waals surface area (Å²) in [6.45, 7) is 3.43. The molecule has 1 aromatic rings. The molecule has 1 fully saturated rings. The van der Waals surface area contributed by atoms with Gasteiger partial charge in [-0.15, -0.1) is 0 Å². The van der Waals surface area contributed by atoms with Crippen LogP contribution in [0.15, 0.2) is 18.5 Å². The number of sulfonamides is 1. The van der Waals surface area contributed by atoms with Crippen molar-refractivity contribution in [2.24, 2.45) is 0 Å². The molecular formula is C14H25N5O3S. The molecule has 0 spiro atoms. The fourth-order valence-corrected chi connectivity index (χ4v) is 3.25. The molecule has 1 aliphatic rings. The van der Waals surface area contributed by atoms with Gasteiger partial charge in [-0.1, -0.05) is 0 Å². The van der Waals surface area contributed by atoms with Gasteiger partial charge >= 0.3 is 6.03 Å². The Morgan fingerprint density at radius 1 is 1.43 bits per heavy atom. The maximum Gasteiger partial charge on any atom is 0.317 e. The van der Waals surface area contributed by atoms with Gasteiger partial charge in [-0.25, -0.2) is 17.9 Å². The summed E-state index contributed by atoms with van der Waals surface area (Å²) in [7, 11) is -3.25. The molecule has 8 nitrogen and oxygen atoms in total. The quantitative estimate of drug-likeness (QED) is 0.781. The molecule has 2 amide bonds. The number of piperidine rings is 1. The molecule has 23 heavy (non-hydrogen) atoms. The van der Waals surface area contributed by atoms with E-state index < -0.39 is 10.0 Å². The van der Waals surface area contributed by atoms with Crippen molar-refractivity contribution in [3.8, 4) is 0 Å². The lowest BCUT2D eigenvalue weighted by molar-refractivity contribution is 0.148. The summed E-state index contributed by atoms with van der Waals surface area (Å²) in [6.07, 6.45) is 7.43. The molecule has 0 saturated carbocycles. The van der Waals surface area contributed by atoms with E-state index in [2.05, 4.69) is 15.1 Å². The van der Waals surface area contributed by atoms with Crippen LogP contribution in [0.4, 0.5) is 4.79 Å². The second-order valence-corrected chi connectivity index (χ2v) is 7.88. The predicted octanol–water partition coefficient (Wildman–Crippen LogP) is 0.385. The number of likely N-dealkylation sites (tertiary alicyclic amines) is 1. The molecule has 0 aromatic carbocycles. The first-order valence-corrected chi connectivity index (χ1v) is 9.73. The lowest BCUT2D eigenvalue weighted by Crippen LogP contribution is -2.54. The van der Waals surface area contributed by atoms with Gasteiger partial charge in [-0.2, -0.15) is 5.10 Å². The van der Waals surface area contributed by atoms with Gasteiger partial charge in [-0.3, -0.25) is 4.68 Å². The third-order valence-electron chi connectivity index (χ3n) is 3.86. The second kappa shape index (κ2) is 7.78. The highest BCUT2D eigenvalue weighted by molar-refractivity contribution is 7.88. The highest BCUT2D eigenvalue weighted by Crippen LogP contribution is 2.17. The average molecular weight is 343 g/mol. The van der Waals surface area contributed by atoms with E-state index in [9.17, 15) is 13.2 Å². The van der Waals surface area contributed by atoms with E-state index in [1.54, 1.807) is 15.8 Å². The van der Waals surface area contributed by atoms with Crippen molar-refractivity contribution in [2.45, 2.75) is 44.8 Å². The van der Waals surface area contributed by atoms with Gasteiger partial charge in [0.1, 0.15) is 0 Å². The lowest BCUT2D eigenvalue weighted by Gasteiger charge is -2.36. The first-order valence-electron chi connectivity index (χ1n) is 7.84. The summed E-state index contributed by atoms with van der Waals surface area (Å²) in [4.78, 5) is 14.2. The number of nitrogens with one attached hydrogen (secondary N) is 2. The maximum absolute atomic E-state index is 12.5. The van der Waals surface area contributed by atoms with Crippen molar-refractivity contribution < 1.29 is 13.2 Å². The van der Waals surface area contributed by atoms with Crippen LogP contribution in [0.3, 0.4) is 0 Å². The molecule has 130 valence electrons. The minimum atomic E-state index is -3.25. The Bertz CT molecular complexity index is 602. The number of nitrogens with zero attached hydrogens (tertiary/aromatic N) is 3. The molecule has 1 saturated heterocycles. The van der Waals surface area contributed by atoms with E-state index >= 15 is 0 Å². The van der Waals surface area contributed by atoms with Gasteiger partial charge in [0.25, 0.3) is 0 Å². The highest BCUT2D eigenvalue weighted by Gasteiger charge is 2.27. The van der Waals surface area contributed by atoms with Gasteiger partial charge in [0.05, 0.1) is 12.8 Å². The van der Waals surface area contributed by atoms with Crippen LogP contribution in [0.25, 0.3) is 0 Å². The largest absolute Gasteiger partial charge is 0.334 e. The monoisotopic (exact) mass is 343 g/mol. The molecule has 0 bridgehead atoms. The second-order valence-electron chi connectivity index (χ2n) is 6.04. The Balaban J connectivity index is 1.89. The minimum Gasteiger partial charge on any atom is -0.334 e. The number of rotatable bonds is 6. The van der Waals surface area contributed by atoms with Crippen LogP contribution in [-0.4, -0.2) is 60.6 Å². The summed E-state index contributed by atoms with van der Waals surface area (Å²) < 4.78 is 26.8. The Kier molecular flexibility index (Phi) is 6.00. The Morgan fingerprint density at radius 2 is 2.22 bits per heavy atom. The molecule has 0 radical (unpaired) electrons. The van der Waals surface area contributed by atoms with E-state index in [1.165, 1.54) is 0 Å². The number of hydrogen-bond donors (Lipinski definition) is 2. The highest BCUT2D eigenvalue weighted by atomic mass is 32.2.